The highest BCUT2D eigenvalue weighted by atomic mass is 32.2. The molecule has 1 atom stereocenters. The third-order valence-corrected chi connectivity index (χ3v) is 4.08. The third kappa shape index (κ3) is 4.13. The van der Waals surface area contributed by atoms with Gasteiger partial charge in [-0.2, -0.15) is 0 Å². The minimum Gasteiger partial charge on any atom is -0.461 e. The number of carbonyl (C=O) groups is 2. The van der Waals surface area contributed by atoms with Crippen LogP contribution in [0, 0.1) is 0 Å². The number of rotatable bonds is 6. The van der Waals surface area contributed by atoms with Gasteiger partial charge in [-0.25, -0.2) is 4.79 Å². The van der Waals surface area contributed by atoms with Crippen LogP contribution < -0.4 is 10.6 Å². The summed E-state index contributed by atoms with van der Waals surface area (Å²) in [7, 11) is 0. The summed E-state index contributed by atoms with van der Waals surface area (Å²) in [4.78, 5) is 23.4. The van der Waals surface area contributed by atoms with Crippen molar-refractivity contribution in [3.05, 3.63) is 18.4 Å². The average Bonchev–Trinajstić information content (AvgIpc) is 3.15. The molecule has 0 saturated heterocycles. The van der Waals surface area contributed by atoms with Crippen LogP contribution in [0.4, 0.5) is 4.79 Å². The van der Waals surface area contributed by atoms with Gasteiger partial charge in [0.15, 0.2) is 16.7 Å². The Bertz CT molecular complexity index is 668. The molecule has 2 aromatic heterocycles. The molecule has 0 radical (unpaired) electrons. The Morgan fingerprint density at radius 3 is 2.78 bits per heavy atom. The van der Waals surface area contributed by atoms with E-state index in [2.05, 4.69) is 20.8 Å². The largest absolute Gasteiger partial charge is 0.461 e. The topological polar surface area (TPSA) is 102 Å². The molecule has 0 aliphatic rings. The lowest BCUT2D eigenvalue weighted by atomic mass is 10.4. The van der Waals surface area contributed by atoms with E-state index in [-0.39, 0.29) is 5.91 Å². The van der Waals surface area contributed by atoms with E-state index in [0.29, 0.717) is 29.8 Å². The molecular weight excluding hydrogens is 318 g/mol. The minimum atomic E-state index is -0.502. The summed E-state index contributed by atoms with van der Waals surface area (Å²) in [6, 6.07) is 3.08. The first-order chi connectivity index (χ1) is 11.1. The lowest BCUT2D eigenvalue weighted by Gasteiger charge is -2.11. The molecule has 8 nitrogen and oxygen atoms in total. The maximum Gasteiger partial charge on any atom is 0.321 e. The first kappa shape index (κ1) is 17.1. The second-order valence-corrected chi connectivity index (χ2v) is 5.94. The highest BCUT2D eigenvalue weighted by Gasteiger charge is 2.22. The first-order valence-corrected chi connectivity index (χ1v) is 8.17. The van der Waals surface area contributed by atoms with E-state index in [1.807, 2.05) is 11.5 Å². The van der Waals surface area contributed by atoms with Crippen molar-refractivity contribution in [2.75, 3.05) is 6.54 Å². The Morgan fingerprint density at radius 2 is 2.17 bits per heavy atom. The van der Waals surface area contributed by atoms with Crippen molar-refractivity contribution in [3.8, 4) is 11.6 Å². The molecule has 0 aliphatic heterocycles. The Balaban J connectivity index is 2.08. The summed E-state index contributed by atoms with van der Waals surface area (Å²) in [6.07, 6.45) is 1.57. The van der Waals surface area contributed by atoms with E-state index in [4.69, 9.17) is 4.42 Å². The van der Waals surface area contributed by atoms with Crippen molar-refractivity contribution < 1.29 is 14.0 Å². The molecule has 1 unspecified atom stereocenters. The van der Waals surface area contributed by atoms with Gasteiger partial charge < -0.3 is 9.73 Å². The molecule has 2 heterocycles. The third-order valence-electron chi connectivity index (χ3n) is 3.00. The highest BCUT2D eigenvalue weighted by molar-refractivity contribution is 8.00. The second-order valence-electron chi connectivity index (χ2n) is 4.64. The second kappa shape index (κ2) is 7.82. The SMILES string of the molecule is CCNC(=O)NC(=O)C(C)Sc1nnc(-c2ccco2)n1CC. The summed E-state index contributed by atoms with van der Waals surface area (Å²) in [5.41, 5.74) is 0. The first-order valence-electron chi connectivity index (χ1n) is 7.29. The van der Waals surface area contributed by atoms with Gasteiger partial charge in [0.25, 0.3) is 0 Å². The minimum absolute atomic E-state index is 0.383. The molecule has 124 valence electrons. The van der Waals surface area contributed by atoms with Crippen LogP contribution in [-0.4, -0.2) is 38.5 Å². The Morgan fingerprint density at radius 1 is 1.39 bits per heavy atom. The van der Waals surface area contributed by atoms with Crippen LogP contribution in [-0.2, 0) is 11.3 Å². The molecule has 23 heavy (non-hydrogen) atoms. The number of imide groups is 1. The standard InChI is InChI=1S/C14H19N5O3S/c1-4-15-13(21)16-12(20)9(3)23-14-18-17-11(19(14)5-2)10-7-6-8-22-10/h6-9H,4-5H2,1-3H3,(H2,15,16,20,21). The predicted molar refractivity (Wildman–Crippen MR) is 85.9 cm³/mol. The van der Waals surface area contributed by atoms with Gasteiger partial charge >= 0.3 is 6.03 Å². The van der Waals surface area contributed by atoms with Crippen molar-refractivity contribution >= 4 is 23.7 Å². The van der Waals surface area contributed by atoms with Gasteiger partial charge in [-0.3, -0.25) is 14.7 Å². The number of hydrogen-bond acceptors (Lipinski definition) is 6. The molecule has 0 saturated carbocycles. The quantitative estimate of drug-likeness (QED) is 0.780. The molecule has 2 aromatic rings. The number of nitrogens with zero attached hydrogens (tertiary/aromatic N) is 3. The number of hydrogen-bond donors (Lipinski definition) is 2. The maximum atomic E-state index is 12.0. The molecule has 2 rings (SSSR count). The Labute approximate surface area is 138 Å². The number of thioether (sulfide) groups is 1. The van der Waals surface area contributed by atoms with Gasteiger partial charge in [-0.15, -0.1) is 10.2 Å². The molecule has 0 aromatic carbocycles. The average molecular weight is 337 g/mol. The fourth-order valence-electron chi connectivity index (χ4n) is 1.88. The van der Waals surface area contributed by atoms with E-state index in [0.717, 1.165) is 0 Å². The Kier molecular flexibility index (Phi) is 5.80. The van der Waals surface area contributed by atoms with E-state index in [1.165, 1.54) is 11.8 Å². The van der Waals surface area contributed by atoms with Crippen LogP contribution in [0.1, 0.15) is 20.8 Å². The molecule has 3 amide bonds. The molecule has 2 N–H and O–H groups in total. The number of furan rings is 1. The van der Waals surface area contributed by atoms with Gasteiger partial charge in [0.1, 0.15) is 0 Å². The monoisotopic (exact) mass is 337 g/mol. The van der Waals surface area contributed by atoms with Crippen molar-refractivity contribution in [2.45, 2.75) is 37.7 Å². The summed E-state index contributed by atoms with van der Waals surface area (Å²) in [5.74, 6) is 0.841. The molecular formula is C14H19N5O3S. The number of aromatic nitrogens is 3. The van der Waals surface area contributed by atoms with Gasteiger partial charge in [0, 0.05) is 13.1 Å². The molecule has 0 fully saturated rings. The zero-order chi connectivity index (χ0) is 16.8. The van der Waals surface area contributed by atoms with E-state index in [1.54, 1.807) is 32.2 Å². The zero-order valence-electron chi connectivity index (χ0n) is 13.2. The fraction of sp³-hybridized carbons (Fsp3) is 0.429. The van der Waals surface area contributed by atoms with Crippen LogP contribution in [0.25, 0.3) is 11.6 Å². The van der Waals surface area contributed by atoms with Gasteiger partial charge in [0.05, 0.1) is 11.5 Å². The number of amides is 3. The van der Waals surface area contributed by atoms with Crippen molar-refractivity contribution in [3.63, 3.8) is 0 Å². The summed E-state index contributed by atoms with van der Waals surface area (Å²) < 4.78 is 7.20. The zero-order valence-corrected chi connectivity index (χ0v) is 14.0. The van der Waals surface area contributed by atoms with Gasteiger partial charge in [-0.1, -0.05) is 11.8 Å². The van der Waals surface area contributed by atoms with Crippen LogP contribution in [0.15, 0.2) is 28.0 Å². The Hall–Kier alpha value is -2.29. The van der Waals surface area contributed by atoms with E-state index >= 15 is 0 Å². The summed E-state index contributed by atoms with van der Waals surface area (Å²) in [6.45, 7) is 6.54. The van der Waals surface area contributed by atoms with Gasteiger partial charge in [-0.05, 0) is 32.9 Å². The van der Waals surface area contributed by atoms with E-state index in [9.17, 15) is 9.59 Å². The fourth-order valence-corrected chi connectivity index (χ4v) is 2.79. The number of carbonyl (C=O) groups excluding carboxylic acids is 2. The molecule has 0 spiro atoms. The predicted octanol–water partition coefficient (Wildman–Crippen LogP) is 1.88. The van der Waals surface area contributed by atoms with Crippen LogP contribution in [0.3, 0.4) is 0 Å². The van der Waals surface area contributed by atoms with Crippen molar-refractivity contribution in [2.24, 2.45) is 0 Å². The van der Waals surface area contributed by atoms with Crippen LogP contribution in [0.5, 0.6) is 0 Å². The van der Waals surface area contributed by atoms with Crippen LogP contribution in [0.2, 0.25) is 0 Å². The maximum absolute atomic E-state index is 12.0. The van der Waals surface area contributed by atoms with E-state index < -0.39 is 11.3 Å². The van der Waals surface area contributed by atoms with Crippen molar-refractivity contribution in [1.29, 1.82) is 0 Å². The molecule has 0 aliphatic carbocycles. The number of nitrogens with one attached hydrogen (secondary N) is 2. The molecule has 0 bridgehead atoms. The van der Waals surface area contributed by atoms with Gasteiger partial charge in [0.2, 0.25) is 5.91 Å². The lowest BCUT2D eigenvalue weighted by Crippen LogP contribution is -2.42. The number of urea groups is 1. The summed E-state index contributed by atoms with van der Waals surface area (Å²) in [5, 5.41) is 13.1. The normalized spacial score (nSPS) is 12.0. The highest BCUT2D eigenvalue weighted by Crippen LogP contribution is 2.26. The van der Waals surface area contributed by atoms with Crippen LogP contribution >= 0.6 is 11.8 Å². The summed E-state index contributed by atoms with van der Waals surface area (Å²) >= 11 is 1.24. The lowest BCUT2D eigenvalue weighted by molar-refractivity contribution is -0.119. The molecule has 9 heteroatoms. The van der Waals surface area contributed by atoms with Crippen molar-refractivity contribution in [1.82, 2.24) is 25.4 Å². The smallest absolute Gasteiger partial charge is 0.321 e.